The molecule has 0 spiro atoms. The lowest BCUT2D eigenvalue weighted by molar-refractivity contribution is -0.124. The highest BCUT2D eigenvalue weighted by molar-refractivity contribution is 9.10. The van der Waals surface area contributed by atoms with Gasteiger partial charge in [-0.1, -0.05) is 35.0 Å². The Morgan fingerprint density at radius 3 is 2.74 bits per heavy atom. The molecule has 0 aliphatic carbocycles. The lowest BCUT2D eigenvalue weighted by Crippen LogP contribution is -2.38. The minimum absolute atomic E-state index is 0.0527. The van der Waals surface area contributed by atoms with E-state index in [0.29, 0.717) is 13.1 Å². The molecule has 1 amide bonds. The molecule has 1 rings (SSSR count). The molecule has 0 bridgehead atoms. The Morgan fingerprint density at radius 1 is 1.53 bits per heavy atom. The Hall–Kier alpha value is -0.910. The zero-order valence-electron chi connectivity index (χ0n) is 11.7. The smallest absolute Gasteiger partial charge is 0.223 e. The molecular weight excluding hydrogens is 306 g/mol. The molecule has 0 saturated heterocycles. The fraction of sp³-hybridized carbons (Fsp3) is 0.500. The largest absolute Gasteiger partial charge is 0.359 e. The normalized spacial score (nSPS) is 14.2. The summed E-state index contributed by atoms with van der Waals surface area (Å²) in [5.41, 5.74) is 7.04. The van der Waals surface area contributed by atoms with Gasteiger partial charge in [-0.15, -0.1) is 0 Å². The molecule has 2 atom stereocenters. The average Bonchev–Trinajstić information content (AvgIpc) is 2.38. The van der Waals surface area contributed by atoms with Gasteiger partial charge in [-0.2, -0.15) is 0 Å². The van der Waals surface area contributed by atoms with Gasteiger partial charge in [-0.25, -0.2) is 0 Å². The van der Waals surface area contributed by atoms with Crippen LogP contribution in [0, 0.1) is 5.92 Å². The Kier molecular flexibility index (Phi) is 6.48. The van der Waals surface area contributed by atoms with Gasteiger partial charge in [0.15, 0.2) is 0 Å². The van der Waals surface area contributed by atoms with Crippen molar-refractivity contribution in [3.05, 3.63) is 34.3 Å². The van der Waals surface area contributed by atoms with E-state index >= 15 is 0 Å². The Labute approximate surface area is 123 Å². The molecule has 0 heterocycles. The number of benzene rings is 1. The summed E-state index contributed by atoms with van der Waals surface area (Å²) in [6.07, 6.45) is 0. The van der Waals surface area contributed by atoms with Crippen molar-refractivity contribution in [2.24, 2.45) is 11.7 Å². The highest BCUT2D eigenvalue weighted by Gasteiger charge is 2.20. The van der Waals surface area contributed by atoms with Crippen molar-refractivity contribution in [1.82, 2.24) is 10.2 Å². The van der Waals surface area contributed by atoms with Crippen LogP contribution in [0.1, 0.15) is 18.5 Å². The summed E-state index contributed by atoms with van der Waals surface area (Å²) in [6, 6.07) is 8.23. The van der Waals surface area contributed by atoms with E-state index in [4.69, 9.17) is 5.73 Å². The summed E-state index contributed by atoms with van der Waals surface area (Å²) in [5.74, 6) is -0.00642. The second kappa shape index (κ2) is 7.62. The van der Waals surface area contributed by atoms with Crippen LogP contribution < -0.4 is 11.1 Å². The molecule has 2 unspecified atom stereocenters. The van der Waals surface area contributed by atoms with E-state index in [2.05, 4.69) is 38.3 Å². The molecule has 1 aromatic carbocycles. The number of rotatable bonds is 6. The van der Waals surface area contributed by atoms with E-state index in [1.807, 2.05) is 26.1 Å². The lowest BCUT2D eigenvalue weighted by Gasteiger charge is -2.29. The third-order valence-electron chi connectivity index (χ3n) is 3.24. The fourth-order valence-electron chi connectivity index (χ4n) is 2.17. The number of nitrogens with zero attached hydrogens (tertiary/aromatic N) is 1. The van der Waals surface area contributed by atoms with E-state index in [0.717, 1.165) is 10.0 Å². The first kappa shape index (κ1) is 16.1. The Balaban J connectivity index is 2.77. The first-order valence-electron chi connectivity index (χ1n) is 6.37. The van der Waals surface area contributed by atoms with Crippen LogP contribution in [0.3, 0.4) is 0 Å². The number of halogens is 1. The van der Waals surface area contributed by atoms with E-state index in [9.17, 15) is 4.79 Å². The van der Waals surface area contributed by atoms with Gasteiger partial charge in [0.1, 0.15) is 0 Å². The quantitative estimate of drug-likeness (QED) is 0.837. The van der Waals surface area contributed by atoms with E-state index in [-0.39, 0.29) is 17.9 Å². The molecule has 106 valence electrons. The maximum Gasteiger partial charge on any atom is 0.223 e. The molecule has 3 N–H and O–H groups in total. The molecule has 5 heteroatoms. The van der Waals surface area contributed by atoms with Crippen molar-refractivity contribution in [2.75, 3.05) is 27.2 Å². The van der Waals surface area contributed by atoms with Crippen molar-refractivity contribution in [3.63, 3.8) is 0 Å². The maximum atomic E-state index is 11.6. The third-order valence-corrected chi connectivity index (χ3v) is 3.74. The van der Waals surface area contributed by atoms with Crippen LogP contribution in [0.15, 0.2) is 28.7 Å². The summed E-state index contributed by atoms with van der Waals surface area (Å²) in [5, 5.41) is 2.67. The van der Waals surface area contributed by atoms with Crippen LogP contribution in [0.2, 0.25) is 0 Å². The third kappa shape index (κ3) is 4.60. The molecule has 0 aromatic heterocycles. The number of hydrogen-bond donors (Lipinski definition) is 2. The SMILES string of the molecule is CNC(=O)C(C)CN(C)C(CN)c1cccc(Br)c1. The summed E-state index contributed by atoms with van der Waals surface area (Å²) < 4.78 is 1.04. The predicted octanol–water partition coefficient (Wildman–Crippen LogP) is 1.76. The lowest BCUT2D eigenvalue weighted by atomic mass is 10.0. The standard InChI is InChI=1S/C14H22BrN3O/c1-10(14(19)17-2)9-18(3)13(8-16)11-5-4-6-12(15)7-11/h4-7,10,13H,8-9,16H2,1-3H3,(H,17,19). The molecule has 0 fully saturated rings. The highest BCUT2D eigenvalue weighted by Crippen LogP contribution is 2.22. The van der Waals surface area contributed by atoms with Gasteiger partial charge in [-0.3, -0.25) is 9.69 Å². The van der Waals surface area contributed by atoms with E-state index in [1.165, 1.54) is 0 Å². The number of likely N-dealkylation sites (N-methyl/N-ethyl adjacent to an activating group) is 1. The van der Waals surface area contributed by atoms with Gasteiger partial charge < -0.3 is 11.1 Å². The topological polar surface area (TPSA) is 58.4 Å². The van der Waals surface area contributed by atoms with Gasteiger partial charge in [-0.05, 0) is 24.7 Å². The van der Waals surface area contributed by atoms with Crippen LogP contribution in [0.4, 0.5) is 0 Å². The molecule has 0 aliphatic rings. The molecule has 1 aromatic rings. The summed E-state index contributed by atoms with van der Waals surface area (Å²) in [7, 11) is 3.66. The van der Waals surface area contributed by atoms with Crippen molar-refractivity contribution in [3.8, 4) is 0 Å². The van der Waals surface area contributed by atoms with Crippen LogP contribution in [0.5, 0.6) is 0 Å². The fourth-order valence-corrected chi connectivity index (χ4v) is 2.59. The Morgan fingerprint density at radius 2 is 2.21 bits per heavy atom. The number of nitrogens with two attached hydrogens (primary N) is 1. The second-order valence-corrected chi connectivity index (χ2v) is 5.68. The number of carbonyl (C=O) groups is 1. The summed E-state index contributed by atoms with van der Waals surface area (Å²) >= 11 is 3.47. The van der Waals surface area contributed by atoms with Crippen LogP contribution in [0.25, 0.3) is 0 Å². The summed E-state index contributed by atoms with van der Waals surface area (Å²) in [4.78, 5) is 13.7. The Bertz CT molecular complexity index is 425. The number of amides is 1. The van der Waals surface area contributed by atoms with Crippen molar-refractivity contribution >= 4 is 21.8 Å². The zero-order chi connectivity index (χ0) is 14.4. The number of nitrogens with one attached hydrogen (secondary N) is 1. The molecule has 19 heavy (non-hydrogen) atoms. The van der Waals surface area contributed by atoms with Crippen molar-refractivity contribution in [2.45, 2.75) is 13.0 Å². The van der Waals surface area contributed by atoms with Crippen molar-refractivity contribution in [1.29, 1.82) is 0 Å². The number of carbonyl (C=O) groups excluding carboxylic acids is 1. The van der Waals surface area contributed by atoms with Gasteiger partial charge >= 0.3 is 0 Å². The van der Waals surface area contributed by atoms with Crippen LogP contribution in [-0.2, 0) is 4.79 Å². The van der Waals surface area contributed by atoms with Crippen molar-refractivity contribution < 1.29 is 4.79 Å². The van der Waals surface area contributed by atoms with Crippen LogP contribution >= 0.6 is 15.9 Å². The van der Waals surface area contributed by atoms with Crippen LogP contribution in [-0.4, -0.2) is 38.0 Å². The summed E-state index contributed by atoms with van der Waals surface area (Å²) in [6.45, 7) is 3.12. The first-order chi connectivity index (χ1) is 8.99. The molecule has 0 saturated carbocycles. The van der Waals surface area contributed by atoms with E-state index < -0.39 is 0 Å². The number of hydrogen-bond acceptors (Lipinski definition) is 3. The molecule has 0 radical (unpaired) electrons. The molecule has 4 nitrogen and oxygen atoms in total. The average molecular weight is 328 g/mol. The van der Waals surface area contributed by atoms with Gasteiger partial charge in [0.25, 0.3) is 0 Å². The van der Waals surface area contributed by atoms with E-state index in [1.54, 1.807) is 7.05 Å². The molecule has 0 aliphatic heterocycles. The van der Waals surface area contributed by atoms with Gasteiger partial charge in [0.2, 0.25) is 5.91 Å². The second-order valence-electron chi connectivity index (χ2n) is 4.76. The van der Waals surface area contributed by atoms with Gasteiger partial charge in [0, 0.05) is 36.6 Å². The zero-order valence-corrected chi connectivity index (χ0v) is 13.3. The van der Waals surface area contributed by atoms with Gasteiger partial charge in [0.05, 0.1) is 0 Å². The monoisotopic (exact) mass is 327 g/mol. The first-order valence-corrected chi connectivity index (χ1v) is 7.16. The predicted molar refractivity (Wildman–Crippen MR) is 81.8 cm³/mol. The minimum Gasteiger partial charge on any atom is -0.359 e. The molecular formula is C14H22BrN3O. The maximum absolute atomic E-state index is 11.6. The highest BCUT2D eigenvalue weighted by atomic mass is 79.9. The minimum atomic E-state index is -0.0591.